The van der Waals surface area contributed by atoms with Gasteiger partial charge in [0.2, 0.25) is 5.91 Å². The third-order valence-corrected chi connectivity index (χ3v) is 6.02. The molecule has 178 valence electrons. The molecule has 0 saturated heterocycles. The van der Waals surface area contributed by atoms with E-state index in [1.165, 1.54) is 9.80 Å². The molecule has 0 radical (unpaired) electrons. The van der Waals surface area contributed by atoms with E-state index >= 15 is 0 Å². The molecule has 3 aromatic carbocycles. The minimum Gasteiger partial charge on any atom is -0.445 e. The Labute approximate surface area is 201 Å². The number of rotatable bonds is 9. The first-order valence-electron chi connectivity index (χ1n) is 11.3. The monoisotopic (exact) mass is 460 g/mol. The summed E-state index contributed by atoms with van der Waals surface area (Å²) in [4.78, 5) is 29.3. The van der Waals surface area contributed by atoms with E-state index in [-0.39, 0.29) is 25.5 Å². The van der Waals surface area contributed by atoms with Gasteiger partial charge in [-0.3, -0.25) is 4.79 Å². The number of likely N-dealkylation sites (N-methyl/N-ethyl adjacent to an activating group) is 1. The van der Waals surface area contributed by atoms with Crippen LogP contribution in [0.4, 0.5) is 4.79 Å². The summed E-state index contributed by atoms with van der Waals surface area (Å²) >= 11 is 0. The van der Waals surface area contributed by atoms with Crippen molar-refractivity contribution in [3.63, 3.8) is 0 Å². The minimum absolute atomic E-state index is 0.164. The number of hydrogen-bond donors (Lipinski definition) is 1. The standard InChI is InChI=1S/C28H32N2O4/c1-29(2)26(32)28(24-17-11-6-12-18-24,25(31)23-15-9-5-10-16-23)19-20-30(3)27(33)34-21-22-13-7-4-8-14-22/h4-18,25,31H,19-21H2,1-3H3. The zero-order valence-corrected chi connectivity index (χ0v) is 19.9. The molecule has 3 aromatic rings. The minimum atomic E-state index is -1.29. The molecule has 0 spiro atoms. The topological polar surface area (TPSA) is 70.1 Å². The van der Waals surface area contributed by atoms with E-state index in [0.29, 0.717) is 11.1 Å². The first kappa shape index (κ1) is 25.0. The third-order valence-electron chi connectivity index (χ3n) is 6.02. The predicted octanol–water partition coefficient (Wildman–Crippen LogP) is 4.40. The maximum atomic E-state index is 13.7. The number of ether oxygens (including phenoxy) is 1. The highest BCUT2D eigenvalue weighted by molar-refractivity contribution is 5.89. The van der Waals surface area contributed by atoms with Gasteiger partial charge in [-0.25, -0.2) is 4.79 Å². The molecule has 0 aliphatic carbocycles. The first-order chi connectivity index (χ1) is 16.4. The van der Waals surface area contributed by atoms with Crippen LogP contribution in [-0.4, -0.2) is 54.6 Å². The number of aliphatic hydroxyl groups excluding tert-OH is 1. The molecule has 0 fully saturated rings. The summed E-state index contributed by atoms with van der Waals surface area (Å²) in [6.45, 7) is 0.378. The molecule has 0 bridgehead atoms. The summed E-state index contributed by atoms with van der Waals surface area (Å²) in [6.07, 6.45) is -1.39. The van der Waals surface area contributed by atoms with Crippen LogP contribution in [0, 0.1) is 0 Å². The molecule has 0 aromatic heterocycles. The molecule has 2 unspecified atom stereocenters. The van der Waals surface area contributed by atoms with Gasteiger partial charge in [0, 0.05) is 27.7 Å². The molecule has 3 rings (SSSR count). The van der Waals surface area contributed by atoms with Crippen LogP contribution < -0.4 is 0 Å². The fraction of sp³-hybridized carbons (Fsp3) is 0.286. The zero-order chi connectivity index (χ0) is 24.6. The van der Waals surface area contributed by atoms with Crippen LogP contribution in [0.1, 0.15) is 29.2 Å². The smallest absolute Gasteiger partial charge is 0.409 e. The van der Waals surface area contributed by atoms with E-state index in [4.69, 9.17) is 4.74 Å². The Bertz CT molecular complexity index is 1060. The van der Waals surface area contributed by atoms with Crippen molar-refractivity contribution < 1.29 is 19.4 Å². The number of amides is 2. The summed E-state index contributed by atoms with van der Waals surface area (Å²) < 4.78 is 5.44. The Morgan fingerprint density at radius 3 is 1.94 bits per heavy atom. The van der Waals surface area contributed by atoms with Gasteiger partial charge < -0.3 is 19.6 Å². The Morgan fingerprint density at radius 1 is 0.853 bits per heavy atom. The second-order valence-corrected chi connectivity index (χ2v) is 8.56. The summed E-state index contributed by atoms with van der Waals surface area (Å²) in [6, 6.07) is 27.9. The van der Waals surface area contributed by atoms with E-state index in [1.807, 2.05) is 91.0 Å². The molecule has 1 N–H and O–H groups in total. The predicted molar refractivity (Wildman–Crippen MR) is 132 cm³/mol. The fourth-order valence-electron chi connectivity index (χ4n) is 4.11. The molecule has 0 aliphatic heterocycles. The quantitative estimate of drug-likeness (QED) is 0.514. The number of nitrogens with zero attached hydrogens (tertiary/aromatic N) is 2. The number of carbonyl (C=O) groups excluding carboxylic acids is 2. The fourth-order valence-corrected chi connectivity index (χ4v) is 4.11. The van der Waals surface area contributed by atoms with Gasteiger partial charge in [-0.05, 0) is 23.1 Å². The maximum absolute atomic E-state index is 13.7. The van der Waals surface area contributed by atoms with Crippen molar-refractivity contribution in [3.05, 3.63) is 108 Å². The van der Waals surface area contributed by atoms with Gasteiger partial charge in [0.1, 0.15) is 12.0 Å². The average molecular weight is 461 g/mol. The molecule has 2 amide bonds. The van der Waals surface area contributed by atoms with Crippen molar-refractivity contribution in [2.75, 3.05) is 27.7 Å². The second kappa shape index (κ2) is 11.5. The summed E-state index contributed by atoms with van der Waals surface area (Å²) in [5.74, 6) is -0.235. The zero-order valence-electron chi connectivity index (χ0n) is 19.9. The molecule has 2 atom stereocenters. The molecular formula is C28H32N2O4. The summed E-state index contributed by atoms with van der Waals surface area (Å²) in [7, 11) is 4.99. The van der Waals surface area contributed by atoms with E-state index in [1.54, 1.807) is 21.1 Å². The van der Waals surface area contributed by atoms with Crippen LogP contribution in [0.2, 0.25) is 0 Å². The summed E-state index contributed by atoms with van der Waals surface area (Å²) in [5.41, 5.74) is 0.928. The molecule has 0 heterocycles. The Kier molecular flexibility index (Phi) is 8.44. The number of hydrogen-bond acceptors (Lipinski definition) is 4. The van der Waals surface area contributed by atoms with Crippen LogP contribution in [0.15, 0.2) is 91.0 Å². The molecule has 6 nitrogen and oxygen atoms in total. The van der Waals surface area contributed by atoms with Crippen molar-refractivity contribution in [1.82, 2.24) is 9.80 Å². The SMILES string of the molecule is CN(C)C(=O)C(CCN(C)C(=O)OCc1ccccc1)(c1ccccc1)C(O)c1ccccc1. The normalized spacial score (nSPS) is 13.4. The lowest BCUT2D eigenvalue weighted by atomic mass is 9.69. The first-order valence-corrected chi connectivity index (χ1v) is 11.3. The van der Waals surface area contributed by atoms with Crippen LogP contribution >= 0.6 is 0 Å². The van der Waals surface area contributed by atoms with E-state index in [0.717, 1.165) is 5.56 Å². The summed E-state index contributed by atoms with van der Waals surface area (Å²) in [5, 5.41) is 11.6. The highest BCUT2D eigenvalue weighted by atomic mass is 16.6. The van der Waals surface area contributed by atoms with Gasteiger partial charge in [0.15, 0.2) is 0 Å². The van der Waals surface area contributed by atoms with Crippen molar-refractivity contribution in [2.24, 2.45) is 0 Å². The van der Waals surface area contributed by atoms with E-state index in [9.17, 15) is 14.7 Å². The van der Waals surface area contributed by atoms with Crippen LogP contribution in [-0.2, 0) is 21.6 Å². The molecular weight excluding hydrogens is 428 g/mol. The van der Waals surface area contributed by atoms with Crippen LogP contribution in [0.3, 0.4) is 0 Å². The average Bonchev–Trinajstić information content (AvgIpc) is 2.88. The molecule has 0 aliphatic rings. The van der Waals surface area contributed by atoms with Crippen molar-refractivity contribution >= 4 is 12.0 Å². The van der Waals surface area contributed by atoms with Gasteiger partial charge >= 0.3 is 6.09 Å². The Morgan fingerprint density at radius 2 is 1.38 bits per heavy atom. The Balaban J connectivity index is 1.88. The second-order valence-electron chi connectivity index (χ2n) is 8.56. The molecule has 0 saturated carbocycles. The van der Waals surface area contributed by atoms with Crippen LogP contribution in [0.5, 0.6) is 0 Å². The largest absolute Gasteiger partial charge is 0.445 e. The lowest BCUT2D eigenvalue weighted by molar-refractivity contribution is -0.140. The van der Waals surface area contributed by atoms with Crippen molar-refractivity contribution in [3.8, 4) is 0 Å². The number of carbonyl (C=O) groups is 2. The molecule has 6 heteroatoms. The Hall–Kier alpha value is -3.64. The van der Waals surface area contributed by atoms with Crippen molar-refractivity contribution in [1.29, 1.82) is 0 Å². The van der Waals surface area contributed by atoms with Gasteiger partial charge in [-0.15, -0.1) is 0 Å². The van der Waals surface area contributed by atoms with Gasteiger partial charge in [-0.1, -0.05) is 91.0 Å². The van der Waals surface area contributed by atoms with Crippen LogP contribution in [0.25, 0.3) is 0 Å². The lowest BCUT2D eigenvalue weighted by Gasteiger charge is -2.40. The third kappa shape index (κ3) is 5.64. The van der Waals surface area contributed by atoms with E-state index < -0.39 is 17.6 Å². The number of aliphatic hydroxyl groups is 1. The van der Waals surface area contributed by atoms with Gasteiger partial charge in [0.25, 0.3) is 0 Å². The molecule has 34 heavy (non-hydrogen) atoms. The van der Waals surface area contributed by atoms with Crippen molar-refractivity contribution in [2.45, 2.75) is 24.5 Å². The van der Waals surface area contributed by atoms with Gasteiger partial charge in [0.05, 0.1) is 6.10 Å². The maximum Gasteiger partial charge on any atom is 0.409 e. The van der Waals surface area contributed by atoms with E-state index in [2.05, 4.69) is 0 Å². The number of benzene rings is 3. The highest BCUT2D eigenvalue weighted by Gasteiger charge is 2.48. The lowest BCUT2D eigenvalue weighted by Crippen LogP contribution is -2.50. The highest BCUT2D eigenvalue weighted by Crippen LogP contribution is 2.42. The van der Waals surface area contributed by atoms with Gasteiger partial charge in [-0.2, -0.15) is 0 Å².